The van der Waals surface area contributed by atoms with Crippen LogP contribution in [-0.2, 0) is 16.4 Å². The van der Waals surface area contributed by atoms with Crippen molar-refractivity contribution in [3.63, 3.8) is 0 Å². The van der Waals surface area contributed by atoms with Crippen LogP contribution in [0, 0.1) is 23.2 Å². The minimum absolute atomic E-state index is 0.142. The second-order valence-electron chi connectivity index (χ2n) is 9.82. The lowest BCUT2D eigenvalue weighted by Crippen LogP contribution is -2.48. The van der Waals surface area contributed by atoms with E-state index in [1.54, 1.807) is 6.20 Å². The smallest absolute Gasteiger partial charge is 0.269 e. The van der Waals surface area contributed by atoms with Gasteiger partial charge in [-0.1, -0.05) is 46.8 Å². The number of Topliss-reactive ketones (excluding diaryl/α,β-unsaturated/α-hetero) is 1. The fraction of sp³-hybridized carbons (Fsp3) is 0.542. The molecule has 3 rings (SSSR count). The van der Waals surface area contributed by atoms with E-state index in [2.05, 4.69) is 45.0 Å². The number of anilines is 1. The summed E-state index contributed by atoms with van der Waals surface area (Å²) >= 11 is 0. The summed E-state index contributed by atoms with van der Waals surface area (Å²) in [7, 11) is -3.33. The predicted molar refractivity (Wildman–Crippen MR) is 126 cm³/mol. The van der Waals surface area contributed by atoms with Gasteiger partial charge in [-0.2, -0.15) is 5.10 Å². The molecule has 32 heavy (non-hydrogen) atoms. The number of rotatable bonds is 6. The third kappa shape index (κ3) is 4.95. The SMILES string of the molecule is C[C@@H]1[C@@H](C)C(C)(C)[C@@H](C)C[C@H]1Nc1cnn(CC(=O)c2ccc(S(C)(=O)=O)cc2)c(=O)c1. The number of ketones is 1. The molecule has 1 N–H and O–H groups in total. The van der Waals surface area contributed by atoms with Gasteiger partial charge in [0, 0.05) is 23.9 Å². The Morgan fingerprint density at radius 3 is 2.38 bits per heavy atom. The van der Waals surface area contributed by atoms with Crippen molar-refractivity contribution in [3.8, 4) is 0 Å². The molecular formula is C24H33N3O4S. The van der Waals surface area contributed by atoms with Crippen LogP contribution in [0.2, 0.25) is 0 Å². The second-order valence-corrected chi connectivity index (χ2v) is 11.8. The summed E-state index contributed by atoms with van der Waals surface area (Å²) in [5, 5.41) is 7.67. The minimum atomic E-state index is -3.33. The van der Waals surface area contributed by atoms with Crippen molar-refractivity contribution in [1.82, 2.24) is 9.78 Å². The highest BCUT2D eigenvalue weighted by Crippen LogP contribution is 2.47. The second kappa shape index (κ2) is 8.81. The normalized spacial score (nSPS) is 25.3. The van der Waals surface area contributed by atoms with Crippen molar-refractivity contribution >= 4 is 21.3 Å². The summed E-state index contributed by atoms with van der Waals surface area (Å²) in [6.45, 7) is 11.3. The van der Waals surface area contributed by atoms with E-state index in [-0.39, 0.29) is 34.2 Å². The average Bonchev–Trinajstić information content (AvgIpc) is 2.72. The van der Waals surface area contributed by atoms with Crippen molar-refractivity contribution in [2.75, 3.05) is 11.6 Å². The molecule has 1 heterocycles. The quantitative estimate of drug-likeness (QED) is 0.662. The Kier molecular flexibility index (Phi) is 6.65. The summed E-state index contributed by atoms with van der Waals surface area (Å²) in [5.74, 6) is 1.21. The van der Waals surface area contributed by atoms with Gasteiger partial charge in [-0.3, -0.25) is 9.59 Å². The molecule has 4 atom stereocenters. The van der Waals surface area contributed by atoms with Gasteiger partial charge >= 0.3 is 0 Å². The molecule has 0 aliphatic heterocycles. The van der Waals surface area contributed by atoms with Crippen LogP contribution in [0.3, 0.4) is 0 Å². The lowest BCUT2D eigenvalue weighted by atomic mass is 9.58. The van der Waals surface area contributed by atoms with Crippen molar-refractivity contribution in [3.05, 3.63) is 52.4 Å². The molecule has 0 unspecified atom stereocenters. The number of nitrogens with one attached hydrogen (secondary N) is 1. The van der Waals surface area contributed by atoms with Crippen molar-refractivity contribution in [1.29, 1.82) is 0 Å². The molecule has 1 aliphatic carbocycles. The van der Waals surface area contributed by atoms with Crippen molar-refractivity contribution < 1.29 is 13.2 Å². The zero-order valence-corrected chi connectivity index (χ0v) is 20.4. The van der Waals surface area contributed by atoms with Gasteiger partial charge in [0.25, 0.3) is 5.56 Å². The largest absolute Gasteiger partial charge is 0.381 e. The van der Waals surface area contributed by atoms with E-state index in [1.807, 2.05) is 0 Å². The molecule has 7 nitrogen and oxygen atoms in total. The number of aromatic nitrogens is 2. The topological polar surface area (TPSA) is 98.1 Å². The third-order valence-electron chi connectivity index (χ3n) is 7.59. The number of hydrogen-bond acceptors (Lipinski definition) is 6. The Balaban J connectivity index is 1.70. The van der Waals surface area contributed by atoms with Gasteiger partial charge in [0.15, 0.2) is 15.6 Å². The van der Waals surface area contributed by atoms with E-state index in [9.17, 15) is 18.0 Å². The first-order chi connectivity index (χ1) is 14.8. The van der Waals surface area contributed by atoms with Gasteiger partial charge in [-0.05, 0) is 41.7 Å². The number of sulfone groups is 1. The van der Waals surface area contributed by atoms with Crippen LogP contribution in [0.1, 0.15) is 51.4 Å². The van der Waals surface area contributed by atoms with Gasteiger partial charge < -0.3 is 5.32 Å². The van der Waals surface area contributed by atoms with Gasteiger partial charge in [-0.15, -0.1) is 0 Å². The zero-order valence-electron chi connectivity index (χ0n) is 19.6. The Bertz CT molecular complexity index is 1150. The number of carbonyl (C=O) groups is 1. The molecule has 2 aromatic rings. The van der Waals surface area contributed by atoms with Gasteiger partial charge in [0.2, 0.25) is 0 Å². The highest BCUT2D eigenvalue weighted by Gasteiger charge is 2.43. The molecule has 0 bridgehead atoms. The number of nitrogens with zero attached hydrogens (tertiary/aromatic N) is 2. The van der Waals surface area contributed by atoms with Crippen molar-refractivity contribution in [2.45, 2.75) is 58.5 Å². The van der Waals surface area contributed by atoms with Crippen LogP contribution >= 0.6 is 0 Å². The van der Waals surface area contributed by atoms with Crippen LogP contribution in [0.5, 0.6) is 0 Å². The molecule has 1 fully saturated rings. The van der Waals surface area contributed by atoms with E-state index < -0.39 is 9.84 Å². The first-order valence-electron chi connectivity index (χ1n) is 11.0. The Hall–Kier alpha value is -2.48. The Morgan fingerprint density at radius 1 is 1.19 bits per heavy atom. The van der Waals surface area contributed by atoms with E-state index in [4.69, 9.17) is 0 Å². The Labute approximate surface area is 190 Å². The summed E-state index contributed by atoms with van der Waals surface area (Å²) in [5.41, 5.74) is 0.891. The molecule has 0 saturated heterocycles. The summed E-state index contributed by atoms with van der Waals surface area (Å²) in [6, 6.07) is 7.41. The molecule has 0 radical (unpaired) electrons. The lowest BCUT2D eigenvalue weighted by molar-refractivity contribution is 0.0316. The molecule has 8 heteroatoms. The average molecular weight is 460 g/mol. The van der Waals surface area contributed by atoms with Crippen LogP contribution in [-0.4, -0.2) is 36.3 Å². The first-order valence-corrected chi connectivity index (χ1v) is 12.9. The van der Waals surface area contributed by atoms with E-state index in [0.29, 0.717) is 29.0 Å². The maximum atomic E-state index is 12.6. The molecule has 1 aliphatic rings. The van der Waals surface area contributed by atoms with Gasteiger partial charge in [0.1, 0.15) is 6.54 Å². The number of benzene rings is 1. The number of hydrogen-bond donors (Lipinski definition) is 1. The minimum Gasteiger partial charge on any atom is -0.381 e. The van der Waals surface area contributed by atoms with Crippen LogP contribution in [0.4, 0.5) is 5.69 Å². The standard InChI is InChI=1S/C24H33N3O4S/c1-15-11-21(16(2)17(3)24(15,4)5)26-19-12-23(29)27(25-13-19)14-22(28)18-7-9-20(10-8-18)32(6,30)31/h7-10,12-13,15-17,21,26H,11,14H2,1-6H3/t15-,16+,17+,21+/m0/s1. The fourth-order valence-corrected chi connectivity index (χ4v) is 5.16. The van der Waals surface area contributed by atoms with E-state index in [0.717, 1.165) is 17.4 Å². The van der Waals surface area contributed by atoms with Crippen LogP contribution in [0.25, 0.3) is 0 Å². The molecule has 0 spiro atoms. The van der Waals surface area contributed by atoms with E-state index in [1.165, 1.54) is 30.3 Å². The number of carbonyl (C=O) groups excluding carboxylic acids is 1. The van der Waals surface area contributed by atoms with Crippen LogP contribution in [0.15, 0.2) is 46.2 Å². The molecule has 1 saturated carbocycles. The predicted octanol–water partition coefficient (Wildman–Crippen LogP) is 3.65. The summed E-state index contributed by atoms with van der Waals surface area (Å²) in [6.07, 6.45) is 3.71. The van der Waals surface area contributed by atoms with E-state index >= 15 is 0 Å². The summed E-state index contributed by atoms with van der Waals surface area (Å²) in [4.78, 5) is 25.3. The van der Waals surface area contributed by atoms with Gasteiger partial charge in [-0.25, -0.2) is 13.1 Å². The van der Waals surface area contributed by atoms with Crippen molar-refractivity contribution in [2.24, 2.45) is 23.2 Å². The van der Waals surface area contributed by atoms with Crippen LogP contribution < -0.4 is 10.9 Å². The zero-order chi connectivity index (χ0) is 23.8. The maximum Gasteiger partial charge on any atom is 0.269 e. The molecule has 1 aromatic heterocycles. The highest BCUT2D eigenvalue weighted by molar-refractivity contribution is 7.90. The molecule has 0 amide bonds. The maximum absolute atomic E-state index is 12.6. The lowest BCUT2D eigenvalue weighted by Gasteiger charge is -2.50. The third-order valence-corrected chi connectivity index (χ3v) is 8.72. The molecule has 174 valence electrons. The molecular weight excluding hydrogens is 426 g/mol. The van der Waals surface area contributed by atoms with Gasteiger partial charge in [0.05, 0.1) is 16.8 Å². The first kappa shape index (κ1) is 24.2. The molecule has 1 aromatic carbocycles. The summed E-state index contributed by atoms with van der Waals surface area (Å²) < 4.78 is 24.3. The highest BCUT2D eigenvalue weighted by atomic mass is 32.2. The monoisotopic (exact) mass is 459 g/mol. The fourth-order valence-electron chi connectivity index (χ4n) is 4.53. The Morgan fingerprint density at radius 2 is 1.81 bits per heavy atom.